The molecule has 0 aromatic rings. The second-order valence-corrected chi connectivity index (χ2v) is 21.1. The lowest BCUT2D eigenvalue weighted by Crippen LogP contribution is -2.64. The molecule has 11 N–H and O–H groups in total. The molecule has 1 unspecified atom stereocenters. The lowest BCUT2D eigenvalue weighted by atomic mass is 9.46. The van der Waals surface area contributed by atoms with Crippen LogP contribution in [0.15, 0.2) is 11.6 Å². The topological polar surface area (TPSA) is 287 Å². The second-order valence-electron chi connectivity index (χ2n) is 21.1. The molecule has 7 fully saturated rings. The molecule has 18 heteroatoms. The van der Waals surface area contributed by atoms with E-state index < -0.39 is 122 Å². The van der Waals surface area contributed by atoms with Crippen LogP contribution in [0.1, 0.15) is 92.9 Å². The van der Waals surface area contributed by atoms with Crippen LogP contribution in [0.4, 0.5) is 0 Å². The number of hydrogen-bond donors (Lipinski definition) is 11. The number of aliphatic hydroxyl groups is 11. The lowest BCUT2D eigenvalue weighted by molar-refractivity contribution is -0.371. The van der Waals surface area contributed by atoms with Crippen LogP contribution in [0.5, 0.6) is 0 Å². The zero-order valence-corrected chi connectivity index (χ0v) is 37.3. The van der Waals surface area contributed by atoms with Crippen LogP contribution in [-0.4, -0.2) is 186 Å². The molecule has 18 nitrogen and oxygen atoms in total. The van der Waals surface area contributed by atoms with E-state index in [0.29, 0.717) is 19.3 Å². The standard InChI is InChI=1S/C45H74O18/c1-18(17-57-40-37(54)35(52)33(50)28(16-46)60-40)9-12-45(56)19(2)30-27(63-45)15-26-24-8-7-22-13-23(47)14-29(44(22,6)25(24)10-11-43(26,30)5)61-42-39(36(53)32(49)21(4)59-42)62-41-38(55)34(51)31(48)20(3)58-41/h7,18-21,23-42,46-56H,8-17H2,1-6H3/t18?,19-,20-,21+,23+,24+,25-,26-,27-,28+,29+,30-,31-,32-,33+,34+,35-,36-,37+,38+,39+,40+,41-,42-,43-,44-,45+/m0/s1. The van der Waals surface area contributed by atoms with E-state index in [9.17, 15) is 56.2 Å². The van der Waals surface area contributed by atoms with Gasteiger partial charge in [0.15, 0.2) is 24.7 Å². The summed E-state index contributed by atoms with van der Waals surface area (Å²) in [6.07, 6.45) is -14.2. The van der Waals surface area contributed by atoms with E-state index in [4.69, 9.17) is 33.2 Å². The van der Waals surface area contributed by atoms with Gasteiger partial charge in [0.05, 0.1) is 43.7 Å². The molecule has 0 radical (unpaired) electrons. The predicted octanol–water partition coefficient (Wildman–Crippen LogP) is -0.833. The van der Waals surface area contributed by atoms with Crippen LogP contribution in [0.3, 0.4) is 0 Å². The molecule has 0 bridgehead atoms. The first-order valence-corrected chi connectivity index (χ1v) is 23.4. The SMILES string of the molecule is CC(CC[C@@]1(O)O[C@H]2C[C@H]3[C@@H]4CC=C5C[C@@H](O)C[C@@H](O[C@@H]6O[C@H](C)[C@H](O)[C@H](O)[C@H]6O[C@@H]6O[C@@H](C)[C@H](O)[C@@H](O)[C@H]6O)[C@]5(C)[C@H]4CC[C@]3(C)[C@H]2[C@@H]1C)CO[C@@H]1O[C@H](CO)[C@@H](O)[C@H](O)[C@H]1O. The third-order valence-corrected chi connectivity index (χ3v) is 17.4. The summed E-state index contributed by atoms with van der Waals surface area (Å²) < 4.78 is 42.8. The number of ether oxygens (including phenoxy) is 7. The summed E-state index contributed by atoms with van der Waals surface area (Å²) in [7, 11) is 0. The van der Waals surface area contributed by atoms with E-state index in [-0.39, 0.29) is 60.1 Å². The highest BCUT2D eigenvalue weighted by Gasteiger charge is 2.69. The summed E-state index contributed by atoms with van der Waals surface area (Å²) in [5.41, 5.74) is 0.435. The maximum atomic E-state index is 12.1. The summed E-state index contributed by atoms with van der Waals surface area (Å²) >= 11 is 0. The van der Waals surface area contributed by atoms with Gasteiger partial charge in [0.1, 0.15) is 61.0 Å². The van der Waals surface area contributed by atoms with Gasteiger partial charge in [-0.25, -0.2) is 0 Å². The Morgan fingerprint density at radius 1 is 0.762 bits per heavy atom. The van der Waals surface area contributed by atoms with Crippen molar-refractivity contribution in [3.05, 3.63) is 11.6 Å². The maximum absolute atomic E-state index is 12.1. The van der Waals surface area contributed by atoms with Crippen molar-refractivity contribution in [3.8, 4) is 0 Å². The van der Waals surface area contributed by atoms with Crippen LogP contribution in [0, 0.1) is 46.3 Å². The average molecular weight is 903 g/mol. The molecule has 8 aliphatic rings. The highest BCUT2D eigenvalue weighted by Crippen LogP contribution is 2.70. The monoisotopic (exact) mass is 902 g/mol. The fraction of sp³-hybridized carbons (Fsp3) is 0.956. The van der Waals surface area contributed by atoms with Crippen molar-refractivity contribution in [2.75, 3.05) is 13.2 Å². The Balaban J connectivity index is 0.945. The third-order valence-electron chi connectivity index (χ3n) is 17.4. The van der Waals surface area contributed by atoms with Gasteiger partial charge in [-0.05, 0) is 87.4 Å². The molecule has 63 heavy (non-hydrogen) atoms. The van der Waals surface area contributed by atoms with E-state index in [1.807, 2.05) is 6.92 Å². The van der Waals surface area contributed by atoms with Crippen LogP contribution in [-0.2, 0) is 33.2 Å². The Morgan fingerprint density at radius 3 is 2.11 bits per heavy atom. The van der Waals surface area contributed by atoms with Gasteiger partial charge >= 0.3 is 0 Å². The number of aliphatic hydroxyl groups excluding tert-OH is 10. The maximum Gasteiger partial charge on any atom is 0.187 e. The molecule has 4 saturated heterocycles. The zero-order chi connectivity index (χ0) is 45.7. The van der Waals surface area contributed by atoms with E-state index in [0.717, 1.165) is 31.3 Å². The van der Waals surface area contributed by atoms with Gasteiger partial charge in [-0.2, -0.15) is 0 Å². The first-order chi connectivity index (χ1) is 29.6. The van der Waals surface area contributed by atoms with Crippen LogP contribution in [0.2, 0.25) is 0 Å². The summed E-state index contributed by atoms with van der Waals surface area (Å²) in [5.74, 6) is -0.818. The van der Waals surface area contributed by atoms with E-state index in [1.54, 1.807) is 6.92 Å². The zero-order valence-electron chi connectivity index (χ0n) is 37.3. The van der Waals surface area contributed by atoms with Gasteiger partial charge in [0.2, 0.25) is 0 Å². The molecule has 8 rings (SSSR count). The first kappa shape index (κ1) is 48.5. The predicted molar refractivity (Wildman–Crippen MR) is 218 cm³/mol. The van der Waals surface area contributed by atoms with Gasteiger partial charge in [0, 0.05) is 24.2 Å². The van der Waals surface area contributed by atoms with Crippen LogP contribution < -0.4 is 0 Å². The van der Waals surface area contributed by atoms with Crippen LogP contribution >= 0.6 is 0 Å². The number of hydrogen-bond acceptors (Lipinski definition) is 18. The van der Waals surface area contributed by atoms with Crippen molar-refractivity contribution in [3.63, 3.8) is 0 Å². The molecule has 4 aliphatic carbocycles. The van der Waals surface area contributed by atoms with Gasteiger partial charge in [0.25, 0.3) is 0 Å². The van der Waals surface area contributed by atoms with E-state index >= 15 is 0 Å². The molecule has 4 heterocycles. The lowest BCUT2D eigenvalue weighted by Gasteiger charge is -2.60. The summed E-state index contributed by atoms with van der Waals surface area (Å²) in [5, 5.41) is 117. The molecule has 0 aromatic heterocycles. The summed E-state index contributed by atoms with van der Waals surface area (Å²) in [4.78, 5) is 0. The molecule has 362 valence electrons. The Hall–Kier alpha value is -0.980. The van der Waals surface area contributed by atoms with Crippen molar-refractivity contribution in [2.45, 2.75) is 209 Å². The number of rotatable bonds is 11. The summed E-state index contributed by atoms with van der Waals surface area (Å²) in [6, 6.07) is 0. The minimum Gasteiger partial charge on any atom is -0.394 e. The van der Waals surface area contributed by atoms with Gasteiger partial charge in [-0.3, -0.25) is 0 Å². The van der Waals surface area contributed by atoms with Crippen molar-refractivity contribution < 1.29 is 89.3 Å². The van der Waals surface area contributed by atoms with Crippen molar-refractivity contribution in [2.24, 2.45) is 46.3 Å². The third kappa shape index (κ3) is 8.30. The molecular weight excluding hydrogens is 828 g/mol. The molecule has 0 aromatic carbocycles. The molecule has 0 amide bonds. The van der Waals surface area contributed by atoms with Gasteiger partial charge in [-0.15, -0.1) is 0 Å². The molecule has 3 saturated carbocycles. The summed E-state index contributed by atoms with van der Waals surface area (Å²) in [6.45, 7) is 11.3. The normalized spacial score (nSPS) is 56.2. The molecule has 0 spiro atoms. The fourth-order valence-electron chi connectivity index (χ4n) is 13.6. The van der Waals surface area contributed by atoms with Crippen molar-refractivity contribution >= 4 is 0 Å². The minimum absolute atomic E-state index is 0.0836. The molecule has 27 atom stereocenters. The molecule has 4 aliphatic heterocycles. The Morgan fingerprint density at radius 2 is 1.41 bits per heavy atom. The van der Waals surface area contributed by atoms with Crippen molar-refractivity contribution in [1.29, 1.82) is 0 Å². The fourth-order valence-corrected chi connectivity index (χ4v) is 13.6. The Kier molecular flexibility index (Phi) is 14.0. The average Bonchev–Trinajstić information content (AvgIpc) is 3.68. The van der Waals surface area contributed by atoms with E-state index in [2.05, 4.69) is 26.8 Å². The Bertz CT molecular complexity index is 1620. The number of allylic oxidation sites excluding steroid dienone is 1. The highest BCUT2D eigenvalue weighted by molar-refractivity contribution is 5.29. The largest absolute Gasteiger partial charge is 0.394 e. The van der Waals surface area contributed by atoms with Crippen LogP contribution in [0.25, 0.3) is 0 Å². The Labute approximate surface area is 369 Å². The first-order valence-electron chi connectivity index (χ1n) is 23.4. The second kappa shape index (κ2) is 18.2. The van der Waals surface area contributed by atoms with Crippen molar-refractivity contribution in [1.82, 2.24) is 0 Å². The van der Waals surface area contributed by atoms with E-state index in [1.165, 1.54) is 6.92 Å². The minimum atomic E-state index is -1.66. The van der Waals surface area contributed by atoms with Gasteiger partial charge < -0.3 is 89.3 Å². The molecular formula is C45H74O18. The highest BCUT2D eigenvalue weighted by atomic mass is 16.8. The van der Waals surface area contributed by atoms with Gasteiger partial charge in [-0.1, -0.05) is 39.3 Å². The number of fused-ring (bicyclic) bond motifs is 7. The smallest absolute Gasteiger partial charge is 0.187 e. The quantitative estimate of drug-likeness (QED) is 0.113.